The van der Waals surface area contributed by atoms with Gasteiger partial charge in [0, 0.05) is 31.7 Å². The van der Waals surface area contributed by atoms with Gasteiger partial charge in [0.1, 0.15) is 0 Å². The summed E-state index contributed by atoms with van der Waals surface area (Å²) < 4.78 is 27.8. The maximum atomic E-state index is 13.1. The van der Waals surface area contributed by atoms with Crippen LogP contribution in [0.4, 0.5) is 0 Å². The van der Waals surface area contributed by atoms with Crippen molar-refractivity contribution in [3.8, 4) is 0 Å². The number of rotatable bonds is 4. The van der Waals surface area contributed by atoms with E-state index >= 15 is 0 Å². The third kappa shape index (κ3) is 4.37. The van der Waals surface area contributed by atoms with Gasteiger partial charge in [0.05, 0.1) is 4.90 Å². The number of sulfonamides is 1. The summed E-state index contributed by atoms with van der Waals surface area (Å²) in [5, 5.41) is 0. The maximum absolute atomic E-state index is 13.1. The van der Waals surface area contributed by atoms with Crippen LogP contribution in [0.3, 0.4) is 0 Å². The molecule has 0 unspecified atom stereocenters. The lowest BCUT2D eigenvalue weighted by Crippen LogP contribution is -2.39. The molecular formula is C21H32N2O3S. The lowest BCUT2D eigenvalue weighted by Gasteiger charge is -2.33. The summed E-state index contributed by atoms with van der Waals surface area (Å²) in [5.74, 6) is 0.648. The van der Waals surface area contributed by atoms with Gasteiger partial charge in [-0.15, -0.1) is 0 Å². The molecule has 0 N–H and O–H groups in total. The number of benzene rings is 1. The lowest BCUT2D eigenvalue weighted by molar-refractivity contribution is 0.0679. The Morgan fingerprint density at radius 1 is 1.07 bits per heavy atom. The van der Waals surface area contributed by atoms with Crippen LogP contribution in [-0.2, 0) is 10.0 Å². The Labute approximate surface area is 163 Å². The fraction of sp³-hybridized carbons (Fsp3) is 0.667. The molecule has 0 radical (unpaired) electrons. The van der Waals surface area contributed by atoms with Crippen LogP contribution in [0.1, 0.15) is 67.8 Å². The Morgan fingerprint density at radius 3 is 2.33 bits per heavy atom. The third-order valence-electron chi connectivity index (χ3n) is 6.22. The van der Waals surface area contributed by atoms with E-state index in [9.17, 15) is 13.2 Å². The zero-order chi connectivity index (χ0) is 19.6. The molecule has 1 amide bonds. The maximum Gasteiger partial charge on any atom is 0.253 e. The van der Waals surface area contributed by atoms with Crippen molar-refractivity contribution < 1.29 is 13.2 Å². The van der Waals surface area contributed by atoms with Gasteiger partial charge in [0.25, 0.3) is 5.91 Å². The average molecular weight is 393 g/mol. The number of carbonyl (C=O) groups excluding carboxylic acids is 1. The van der Waals surface area contributed by atoms with Crippen molar-refractivity contribution in [2.75, 3.05) is 20.1 Å². The number of carbonyl (C=O) groups is 1. The van der Waals surface area contributed by atoms with Gasteiger partial charge in [-0.25, -0.2) is 8.42 Å². The van der Waals surface area contributed by atoms with Crippen molar-refractivity contribution in [2.24, 2.45) is 5.92 Å². The summed E-state index contributed by atoms with van der Waals surface area (Å²) in [6.45, 7) is 5.20. The lowest BCUT2D eigenvalue weighted by atomic mass is 9.86. The SMILES string of the molecule is Cc1ccc(C(=O)N(C)C2CCC(C)CC2)cc1S(=O)(=O)N1CCCCC1. The Balaban J connectivity index is 1.83. The minimum atomic E-state index is -3.54. The van der Waals surface area contributed by atoms with E-state index in [1.54, 1.807) is 29.4 Å². The number of amides is 1. The van der Waals surface area contributed by atoms with E-state index in [1.807, 2.05) is 11.9 Å². The van der Waals surface area contributed by atoms with Gasteiger partial charge in [-0.05, 0) is 69.1 Å². The van der Waals surface area contributed by atoms with Crippen LogP contribution in [0.5, 0.6) is 0 Å². The highest BCUT2D eigenvalue weighted by Gasteiger charge is 2.30. The number of piperidine rings is 1. The third-order valence-corrected chi connectivity index (χ3v) is 8.26. The molecule has 5 nitrogen and oxygen atoms in total. The normalized spacial score (nSPS) is 24.6. The fourth-order valence-electron chi connectivity index (χ4n) is 4.25. The average Bonchev–Trinajstić information content (AvgIpc) is 2.68. The van der Waals surface area contributed by atoms with Crippen LogP contribution in [0.25, 0.3) is 0 Å². The molecule has 3 rings (SSSR count). The molecule has 6 heteroatoms. The van der Waals surface area contributed by atoms with Crippen LogP contribution in [0.2, 0.25) is 0 Å². The van der Waals surface area contributed by atoms with E-state index in [2.05, 4.69) is 6.92 Å². The Bertz CT molecular complexity index is 777. The molecule has 1 aliphatic heterocycles. The van der Waals surface area contributed by atoms with Crippen molar-refractivity contribution in [1.82, 2.24) is 9.21 Å². The van der Waals surface area contributed by atoms with Gasteiger partial charge in [-0.2, -0.15) is 4.31 Å². The van der Waals surface area contributed by atoms with Crippen LogP contribution in [0, 0.1) is 12.8 Å². The number of aryl methyl sites for hydroxylation is 1. The number of hydrogen-bond acceptors (Lipinski definition) is 3. The second-order valence-electron chi connectivity index (χ2n) is 8.27. The largest absolute Gasteiger partial charge is 0.339 e. The van der Waals surface area contributed by atoms with Crippen LogP contribution >= 0.6 is 0 Å². The van der Waals surface area contributed by atoms with Crippen molar-refractivity contribution in [3.63, 3.8) is 0 Å². The first-order valence-corrected chi connectivity index (χ1v) is 11.6. The molecule has 27 heavy (non-hydrogen) atoms. The zero-order valence-electron chi connectivity index (χ0n) is 16.8. The van der Waals surface area contributed by atoms with Crippen molar-refractivity contribution in [1.29, 1.82) is 0 Å². The molecule has 1 aromatic rings. The van der Waals surface area contributed by atoms with Gasteiger partial charge in [0.2, 0.25) is 10.0 Å². The fourth-order valence-corrected chi connectivity index (χ4v) is 6.02. The van der Waals surface area contributed by atoms with Gasteiger partial charge in [-0.3, -0.25) is 4.79 Å². The Morgan fingerprint density at radius 2 is 1.70 bits per heavy atom. The van der Waals surface area contributed by atoms with Crippen LogP contribution in [-0.4, -0.2) is 49.7 Å². The Hall–Kier alpha value is -1.40. The summed E-state index contributed by atoms with van der Waals surface area (Å²) >= 11 is 0. The van der Waals surface area contributed by atoms with Crippen molar-refractivity contribution >= 4 is 15.9 Å². The molecule has 1 saturated heterocycles. The van der Waals surface area contributed by atoms with E-state index in [-0.39, 0.29) is 16.8 Å². The van der Waals surface area contributed by atoms with E-state index < -0.39 is 10.0 Å². The second-order valence-corrected chi connectivity index (χ2v) is 10.2. The monoisotopic (exact) mass is 392 g/mol. The highest BCUT2D eigenvalue weighted by molar-refractivity contribution is 7.89. The summed E-state index contributed by atoms with van der Waals surface area (Å²) in [7, 11) is -1.70. The van der Waals surface area contributed by atoms with Gasteiger partial charge in [-0.1, -0.05) is 19.4 Å². The van der Waals surface area contributed by atoms with E-state index in [0.29, 0.717) is 24.2 Å². The minimum Gasteiger partial charge on any atom is -0.339 e. The minimum absolute atomic E-state index is 0.0790. The summed E-state index contributed by atoms with van der Waals surface area (Å²) in [6, 6.07) is 5.36. The molecular weight excluding hydrogens is 360 g/mol. The van der Waals surface area contributed by atoms with Crippen LogP contribution < -0.4 is 0 Å². The highest BCUT2D eigenvalue weighted by Crippen LogP contribution is 2.29. The van der Waals surface area contributed by atoms with E-state index in [4.69, 9.17) is 0 Å². The predicted octanol–water partition coefficient (Wildman–Crippen LogP) is 3.82. The van der Waals surface area contributed by atoms with E-state index in [1.165, 1.54) is 0 Å². The first kappa shape index (κ1) is 20.3. The molecule has 1 aromatic carbocycles. The van der Waals surface area contributed by atoms with Crippen LogP contribution in [0.15, 0.2) is 23.1 Å². The molecule has 0 bridgehead atoms. The zero-order valence-corrected chi connectivity index (χ0v) is 17.6. The predicted molar refractivity (Wildman–Crippen MR) is 107 cm³/mol. The molecule has 0 atom stereocenters. The summed E-state index contributed by atoms with van der Waals surface area (Å²) in [4.78, 5) is 15.1. The molecule has 0 aromatic heterocycles. The summed E-state index contributed by atoms with van der Waals surface area (Å²) in [5.41, 5.74) is 1.17. The highest BCUT2D eigenvalue weighted by atomic mass is 32.2. The molecule has 1 heterocycles. The smallest absolute Gasteiger partial charge is 0.253 e. The topological polar surface area (TPSA) is 57.7 Å². The van der Waals surface area contributed by atoms with E-state index in [0.717, 1.165) is 50.9 Å². The standard InChI is InChI=1S/C21H32N2O3S/c1-16-7-11-19(12-8-16)22(3)21(24)18-10-9-17(2)20(15-18)27(25,26)23-13-5-4-6-14-23/h9-10,15-16,19H,4-8,11-14H2,1-3H3. The Kier molecular flexibility index (Phi) is 6.26. The molecule has 150 valence electrons. The van der Waals surface area contributed by atoms with Crippen molar-refractivity contribution in [2.45, 2.75) is 69.7 Å². The summed E-state index contributed by atoms with van der Waals surface area (Å²) in [6.07, 6.45) is 7.21. The van der Waals surface area contributed by atoms with Gasteiger partial charge >= 0.3 is 0 Å². The molecule has 0 spiro atoms. The molecule has 2 fully saturated rings. The first-order valence-electron chi connectivity index (χ1n) is 10.2. The number of hydrogen-bond donors (Lipinski definition) is 0. The second kappa shape index (κ2) is 8.31. The number of nitrogens with zero attached hydrogens (tertiary/aromatic N) is 2. The first-order chi connectivity index (χ1) is 12.8. The van der Waals surface area contributed by atoms with Crippen molar-refractivity contribution in [3.05, 3.63) is 29.3 Å². The quantitative estimate of drug-likeness (QED) is 0.783. The molecule has 1 aliphatic carbocycles. The van der Waals surface area contributed by atoms with Gasteiger partial charge < -0.3 is 4.90 Å². The molecule has 1 saturated carbocycles. The van der Waals surface area contributed by atoms with Gasteiger partial charge in [0.15, 0.2) is 0 Å². The molecule has 2 aliphatic rings.